The van der Waals surface area contributed by atoms with Gasteiger partial charge < -0.3 is 10.1 Å². The molecule has 0 saturated heterocycles. The Morgan fingerprint density at radius 3 is 2.05 bits per heavy atom. The highest BCUT2D eigenvalue weighted by molar-refractivity contribution is 5.23. The molecule has 0 heterocycles. The molecule has 0 bridgehead atoms. The average molecular weight is 271 g/mol. The summed E-state index contributed by atoms with van der Waals surface area (Å²) in [6.07, 6.45) is -0.186. The molecule has 0 aromatic heterocycles. The molecule has 1 rings (SSSR count). The van der Waals surface area contributed by atoms with E-state index in [1.807, 2.05) is 27.7 Å². The maximum Gasteiger partial charge on any atom is 0.126 e. The predicted molar refractivity (Wildman–Crippen MR) is 73.0 cm³/mol. The normalized spacial score (nSPS) is 15.3. The second-order valence-corrected chi connectivity index (χ2v) is 5.76. The van der Waals surface area contributed by atoms with Gasteiger partial charge in [0.25, 0.3) is 0 Å². The van der Waals surface area contributed by atoms with Crippen molar-refractivity contribution >= 4 is 0 Å². The molecule has 0 aliphatic rings. The highest BCUT2D eigenvalue weighted by atomic mass is 19.1. The third-order valence-electron chi connectivity index (χ3n) is 3.08. The van der Waals surface area contributed by atoms with Crippen LogP contribution >= 0.6 is 0 Å². The van der Waals surface area contributed by atoms with E-state index in [1.54, 1.807) is 7.11 Å². The Labute approximate surface area is 114 Å². The molecular formula is C15H23F2NO. The smallest absolute Gasteiger partial charge is 0.126 e. The third-order valence-corrected chi connectivity index (χ3v) is 3.08. The molecule has 4 heteroatoms. The topological polar surface area (TPSA) is 21.3 Å². The first-order valence-electron chi connectivity index (χ1n) is 6.51. The molecule has 0 amide bonds. The van der Waals surface area contributed by atoms with E-state index >= 15 is 0 Å². The van der Waals surface area contributed by atoms with Crippen molar-refractivity contribution in [2.45, 2.75) is 39.8 Å². The van der Waals surface area contributed by atoms with Crippen LogP contribution < -0.4 is 5.32 Å². The summed E-state index contributed by atoms with van der Waals surface area (Å²) in [5, 5.41) is 3.25. The van der Waals surface area contributed by atoms with E-state index in [9.17, 15) is 8.78 Å². The van der Waals surface area contributed by atoms with Gasteiger partial charge in [-0.25, -0.2) is 8.78 Å². The molecule has 2 atom stereocenters. The second-order valence-electron chi connectivity index (χ2n) is 5.76. The summed E-state index contributed by atoms with van der Waals surface area (Å²) in [6.45, 7) is 8.78. The van der Waals surface area contributed by atoms with E-state index in [2.05, 4.69) is 5.32 Å². The van der Waals surface area contributed by atoms with Crippen LogP contribution in [-0.4, -0.2) is 19.8 Å². The lowest BCUT2D eigenvalue weighted by molar-refractivity contribution is -0.0117. The predicted octanol–water partition coefficient (Wildman–Crippen LogP) is 3.68. The highest BCUT2D eigenvalue weighted by Gasteiger charge is 2.33. The van der Waals surface area contributed by atoms with Gasteiger partial charge in [0, 0.05) is 13.2 Å². The Kier molecular flexibility index (Phi) is 5.44. The molecule has 108 valence electrons. The van der Waals surface area contributed by atoms with E-state index in [1.165, 1.54) is 12.1 Å². The largest absolute Gasteiger partial charge is 0.379 e. The minimum Gasteiger partial charge on any atom is -0.379 e. The second kappa shape index (κ2) is 6.44. The first-order chi connectivity index (χ1) is 8.79. The summed E-state index contributed by atoms with van der Waals surface area (Å²) in [5.41, 5.74) is 0.422. The number of likely N-dealkylation sites (N-methyl/N-ethyl adjacent to an activating group) is 1. The van der Waals surface area contributed by atoms with Crippen LogP contribution in [0.2, 0.25) is 0 Å². The molecule has 0 aliphatic heterocycles. The van der Waals surface area contributed by atoms with Crippen molar-refractivity contribution in [3.63, 3.8) is 0 Å². The van der Waals surface area contributed by atoms with E-state index in [4.69, 9.17) is 4.74 Å². The maximum atomic E-state index is 13.4. The van der Waals surface area contributed by atoms with Gasteiger partial charge in [-0.15, -0.1) is 0 Å². The zero-order valence-corrected chi connectivity index (χ0v) is 12.3. The SMILES string of the molecule is CCNC(c1cc(F)cc(F)c1)C(OC)C(C)(C)C. The number of hydrogen-bond donors (Lipinski definition) is 1. The van der Waals surface area contributed by atoms with Crippen LogP contribution in [0.15, 0.2) is 18.2 Å². The minimum absolute atomic E-state index is 0.148. The summed E-state index contributed by atoms with van der Waals surface area (Å²) >= 11 is 0. The van der Waals surface area contributed by atoms with Gasteiger partial charge in [0.2, 0.25) is 0 Å². The molecular weight excluding hydrogens is 248 g/mol. The Balaban J connectivity index is 3.18. The molecule has 1 aromatic carbocycles. The molecule has 2 nitrogen and oxygen atoms in total. The summed E-state index contributed by atoms with van der Waals surface area (Å²) < 4.78 is 32.3. The lowest BCUT2D eigenvalue weighted by atomic mass is 9.82. The number of ether oxygens (including phenoxy) is 1. The van der Waals surface area contributed by atoms with Crippen LogP contribution in [-0.2, 0) is 4.74 Å². The quantitative estimate of drug-likeness (QED) is 0.882. The van der Waals surface area contributed by atoms with Gasteiger partial charge in [0.1, 0.15) is 11.6 Å². The fourth-order valence-electron chi connectivity index (χ4n) is 2.36. The summed E-state index contributed by atoms with van der Waals surface area (Å²) in [5.74, 6) is -1.14. The Morgan fingerprint density at radius 1 is 1.16 bits per heavy atom. The Morgan fingerprint density at radius 2 is 1.68 bits per heavy atom. The zero-order valence-electron chi connectivity index (χ0n) is 12.3. The van der Waals surface area contributed by atoms with Crippen molar-refractivity contribution in [2.75, 3.05) is 13.7 Å². The standard InChI is InChI=1S/C15H23F2NO/c1-6-18-13(14(19-5)15(2,3)4)10-7-11(16)9-12(17)8-10/h7-9,13-14,18H,6H2,1-5H3. The molecule has 2 unspecified atom stereocenters. The molecule has 19 heavy (non-hydrogen) atoms. The maximum absolute atomic E-state index is 13.4. The van der Waals surface area contributed by atoms with Gasteiger partial charge in [-0.2, -0.15) is 0 Å². The monoisotopic (exact) mass is 271 g/mol. The Bertz CT molecular complexity index is 395. The number of rotatable bonds is 5. The molecule has 0 radical (unpaired) electrons. The molecule has 1 N–H and O–H groups in total. The van der Waals surface area contributed by atoms with Crippen molar-refractivity contribution < 1.29 is 13.5 Å². The van der Waals surface area contributed by atoms with Crippen molar-refractivity contribution in [1.29, 1.82) is 0 Å². The summed E-state index contributed by atoms with van der Waals surface area (Å²) in [7, 11) is 1.62. The first kappa shape index (κ1) is 16.1. The fourth-order valence-corrected chi connectivity index (χ4v) is 2.36. The van der Waals surface area contributed by atoms with Gasteiger partial charge in [0.15, 0.2) is 0 Å². The van der Waals surface area contributed by atoms with Crippen LogP contribution in [0.3, 0.4) is 0 Å². The van der Waals surface area contributed by atoms with Gasteiger partial charge in [-0.1, -0.05) is 27.7 Å². The van der Waals surface area contributed by atoms with Crippen molar-refractivity contribution in [3.05, 3.63) is 35.4 Å². The lowest BCUT2D eigenvalue weighted by Gasteiger charge is -2.36. The van der Waals surface area contributed by atoms with Crippen molar-refractivity contribution in [3.8, 4) is 0 Å². The van der Waals surface area contributed by atoms with E-state index in [0.717, 1.165) is 6.07 Å². The number of methoxy groups -OCH3 is 1. The minimum atomic E-state index is -0.568. The van der Waals surface area contributed by atoms with Crippen molar-refractivity contribution in [1.82, 2.24) is 5.32 Å². The number of halogens is 2. The van der Waals surface area contributed by atoms with Crippen LogP contribution in [0.1, 0.15) is 39.3 Å². The van der Waals surface area contributed by atoms with E-state index in [0.29, 0.717) is 12.1 Å². The average Bonchev–Trinajstić information content (AvgIpc) is 2.25. The molecule has 0 saturated carbocycles. The van der Waals surface area contributed by atoms with E-state index < -0.39 is 11.6 Å². The van der Waals surface area contributed by atoms with E-state index in [-0.39, 0.29) is 17.6 Å². The molecule has 1 aromatic rings. The number of nitrogens with one attached hydrogen (secondary N) is 1. The van der Waals surface area contributed by atoms with Gasteiger partial charge >= 0.3 is 0 Å². The zero-order chi connectivity index (χ0) is 14.6. The first-order valence-corrected chi connectivity index (χ1v) is 6.51. The van der Waals surface area contributed by atoms with Crippen molar-refractivity contribution in [2.24, 2.45) is 5.41 Å². The van der Waals surface area contributed by atoms with Crippen LogP contribution in [0.25, 0.3) is 0 Å². The molecule has 0 spiro atoms. The molecule has 0 fully saturated rings. The molecule has 0 aliphatic carbocycles. The highest BCUT2D eigenvalue weighted by Crippen LogP contribution is 2.33. The van der Waals surface area contributed by atoms with Crippen LogP contribution in [0.5, 0.6) is 0 Å². The van der Waals surface area contributed by atoms with Gasteiger partial charge in [-0.05, 0) is 29.7 Å². The summed E-state index contributed by atoms with van der Waals surface area (Å²) in [4.78, 5) is 0. The summed E-state index contributed by atoms with van der Waals surface area (Å²) in [6, 6.07) is 3.34. The van der Waals surface area contributed by atoms with Crippen LogP contribution in [0, 0.1) is 17.0 Å². The number of benzene rings is 1. The number of hydrogen-bond acceptors (Lipinski definition) is 2. The van der Waals surface area contributed by atoms with Gasteiger partial charge in [0.05, 0.1) is 12.1 Å². The fraction of sp³-hybridized carbons (Fsp3) is 0.600. The third kappa shape index (κ3) is 4.25. The lowest BCUT2D eigenvalue weighted by Crippen LogP contribution is -2.41. The Hall–Kier alpha value is -1.00. The van der Waals surface area contributed by atoms with Gasteiger partial charge in [-0.3, -0.25) is 0 Å². The van der Waals surface area contributed by atoms with Crippen LogP contribution in [0.4, 0.5) is 8.78 Å².